The quantitative estimate of drug-likeness (QED) is 0.167. The standard InChI is InChI=1S/C42H24N2S/c1-3-13-35-33(11-1)41-37-19-20-38-42(41)34-12-2-4-14-36(34)44(38)30-10-6-8-26(22-30)28-16-18-32-31-17-15-27(23-39(31)45-40(32)24-28)25-7-5-9-29(21-25)43(35)37/h1-24H. The molecule has 0 saturated heterocycles. The average molecular weight is 589 g/mol. The van der Waals surface area contributed by atoms with Gasteiger partial charge in [0.2, 0.25) is 0 Å². The third kappa shape index (κ3) is 3.13. The van der Waals surface area contributed by atoms with E-state index in [1.807, 2.05) is 11.3 Å². The average Bonchev–Trinajstić information content (AvgIpc) is 3.74. The summed E-state index contributed by atoms with van der Waals surface area (Å²) in [5.41, 5.74) is 7.24. The molecule has 0 atom stereocenters. The van der Waals surface area contributed by atoms with Gasteiger partial charge in [0.25, 0.3) is 0 Å². The number of nitrogens with zero attached hydrogens (tertiary/aromatic N) is 2. The monoisotopic (exact) mass is 588 g/mol. The number of rotatable bonds is 0. The van der Waals surface area contributed by atoms with Gasteiger partial charge in [-0.1, -0.05) is 84.9 Å². The van der Waals surface area contributed by atoms with Crippen molar-refractivity contribution in [1.82, 2.24) is 8.80 Å². The third-order valence-corrected chi connectivity index (χ3v) is 10.9. The Morgan fingerprint density at radius 1 is 0.333 bits per heavy atom. The van der Waals surface area contributed by atoms with E-state index in [9.17, 15) is 0 Å². The van der Waals surface area contributed by atoms with Gasteiger partial charge in [-0.2, -0.15) is 0 Å². The number of aromatic nitrogens is 2. The predicted octanol–water partition coefficient (Wildman–Crippen LogP) is 12.0. The van der Waals surface area contributed by atoms with Crippen LogP contribution in [0.15, 0.2) is 146 Å². The first-order chi connectivity index (χ1) is 22.3. The van der Waals surface area contributed by atoms with Gasteiger partial charge in [-0.3, -0.25) is 0 Å². The summed E-state index contributed by atoms with van der Waals surface area (Å²) in [5.74, 6) is 0. The van der Waals surface area contributed by atoms with Crippen molar-refractivity contribution < 1.29 is 0 Å². The molecule has 4 heterocycles. The summed E-state index contributed by atoms with van der Waals surface area (Å²) in [7, 11) is 0. The number of para-hydroxylation sites is 2. The van der Waals surface area contributed by atoms with Gasteiger partial charge in [-0.15, -0.1) is 11.3 Å². The van der Waals surface area contributed by atoms with Crippen LogP contribution in [0.25, 0.3) is 96.4 Å². The van der Waals surface area contributed by atoms with Crippen LogP contribution in [-0.4, -0.2) is 8.80 Å². The van der Waals surface area contributed by atoms with Crippen LogP contribution in [0.2, 0.25) is 0 Å². The first-order valence-corrected chi connectivity index (χ1v) is 16.3. The van der Waals surface area contributed by atoms with Gasteiger partial charge in [0.15, 0.2) is 0 Å². The maximum absolute atomic E-state index is 2.45. The SMILES string of the molecule is c1ccc2c(c1)c1c3c4ccccc4n4c5cccc(c5)c5ccc6c(c5)sc5cc(ccc56)c5cccc(c5)n2c1ccc34. The largest absolute Gasteiger partial charge is 0.309 e. The maximum atomic E-state index is 2.45. The van der Waals surface area contributed by atoms with E-state index in [1.165, 1.54) is 96.4 Å². The molecule has 45 heavy (non-hydrogen) atoms. The van der Waals surface area contributed by atoms with Crippen molar-refractivity contribution in [3.8, 4) is 0 Å². The van der Waals surface area contributed by atoms with E-state index in [2.05, 4.69) is 154 Å². The van der Waals surface area contributed by atoms with Crippen molar-refractivity contribution >= 4 is 108 Å². The topological polar surface area (TPSA) is 8.82 Å². The molecule has 0 N–H and O–H groups in total. The Morgan fingerprint density at radius 2 is 0.800 bits per heavy atom. The Balaban J connectivity index is 1.49. The number of hydrogen-bond acceptors (Lipinski definition) is 1. The smallest absolute Gasteiger partial charge is 0.0548 e. The fraction of sp³-hybridized carbons (Fsp3) is 0. The molecule has 0 fully saturated rings. The van der Waals surface area contributed by atoms with Crippen molar-refractivity contribution in [2.24, 2.45) is 0 Å². The maximum Gasteiger partial charge on any atom is 0.0548 e. The van der Waals surface area contributed by atoms with Crippen molar-refractivity contribution in [2.45, 2.75) is 0 Å². The molecule has 0 radical (unpaired) electrons. The summed E-state index contributed by atoms with van der Waals surface area (Å²) in [6.45, 7) is 0. The molecule has 4 aromatic heterocycles. The van der Waals surface area contributed by atoms with Gasteiger partial charge in [-0.05, 0) is 82.2 Å². The normalized spacial score (nSPS) is 12.4. The fourth-order valence-corrected chi connectivity index (χ4v) is 9.04. The highest BCUT2D eigenvalue weighted by Crippen LogP contribution is 2.41. The van der Waals surface area contributed by atoms with E-state index in [1.54, 1.807) is 0 Å². The molecule has 11 rings (SSSR count). The highest BCUT2D eigenvalue weighted by Gasteiger charge is 2.17. The minimum Gasteiger partial charge on any atom is -0.309 e. The Bertz CT molecular complexity index is 2890. The van der Waals surface area contributed by atoms with Gasteiger partial charge in [0.05, 0.1) is 22.1 Å². The van der Waals surface area contributed by atoms with E-state index in [0.717, 1.165) is 0 Å². The molecule has 0 spiro atoms. The van der Waals surface area contributed by atoms with Crippen LogP contribution in [0, 0.1) is 0 Å². The predicted molar refractivity (Wildman–Crippen MR) is 195 cm³/mol. The van der Waals surface area contributed by atoms with Crippen LogP contribution in [0.4, 0.5) is 0 Å². The zero-order chi connectivity index (χ0) is 29.2. The van der Waals surface area contributed by atoms with Crippen LogP contribution in [0.5, 0.6) is 0 Å². The summed E-state index contributed by atoms with van der Waals surface area (Å²) >= 11 is 1.89. The lowest BCUT2D eigenvalue weighted by Gasteiger charge is -2.03. The number of benzene rings is 7. The van der Waals surface area contributed by atoms with Gasteiger partial charge >= 0.3 is 0 Å². The van der Waals surface area contributed by atoms with E-state index < -0.39 is 0 Å². The molecule has 11 aromatic rings. The van der Waals surface area contributed by atoms with Crippen LogP contribution in [0.1, 0.15) is 0 Å². The number of hydrogen-bond donors (Lipinski definition) is 0. The summed E-state index contributed by atoms with van der Waals surface area (Å²) in [5, 5.41) is 12.7. The molecule has 10 bridgehead atoms. The molecule has 3 heteroatoms. The minimum absolute atomic E-state index is 1.17. The molecule has 208 valence electrons. The highest BCUT2D eigenvalue weighted by atomic mass is 32.1. The molecule has 0 aliphatic carbocycles. The van der Waals surface area contributed by atoms with Gasteiger partial charge in [-0.25, -0.2) is 0 Å². The van der Waals surface area contributed by atoms with Gasteiger partial charge < -0.3 is 8.80 Å². The lowest BCUT2D eigenvalue weighted by Crippen LogP contribution is -1.86. The number of fused-ring (bicyclic) bond motifs is 19. The van der Waals surface area contributed by atoms with Crippen molar-refractivity contribution in [2.75, 3.05) is 0 Å². The highest BCUT2D eigenvalue weighted by molar-refractivity contribution is 7.25. The Hall–Kier alpha value is -5.64. The summed E-state index contributed by atoms with van der Waals surface area (Å²) in [4.78, 5) is 0. The van der Waals surface area contributed by atoms with E-state index in [4.69, 9.17) is 0 Å². The third-order valence-electron chi connectivity index (χ3n) is 9.82. The molecular weight excluding hydrogens is 565 g/mol. The molecule has 7 aromatic carbocycles. The summed E-state index contributed by atoms with van der Waals surface area (Å²) in [6.07, 6.45) is 0. The van der Waals surface area contributed by atoms with Crippen LogP contribution in [0.3, 0.4) is 0 Å². The Morgan fingerprint density at radius 3 is 1.31 bits per heavy atom. The Kier molecular flexibility index (Phi) is 4.49. The van der Waals surface area contributed by atoms with Crippen molar-refractivity contribution in [3.63, 3.8) is 0 Å². The van der Waals surface area contributed by atoms with E-state index in [0.29, 0.717) is 0 Å². The van der Waals surface area contributed by atoms with Gasteiger partial charge in [0, 0.05) is 52.8 Å². The molecule has 2 nitrogen and oxygen atoms in total. The summed E-state index contributed by atoms with van der Waals surface area (Å²) < 4.78 is 7.55. The van der Waals surface area contributed by atoms with Crippen LogP contribution >= 0.6 is 11.3 Å². The second-order valence-corrected chi connectivity index (χ2v) is 13.3. The zero-order valence-electron chi connectivity index (χ0n) is 24.2. The lowest BCUT2D eigenvalue weighted by atomic mass is 10.1. The van der Waals surface area contributed by atoms with Crippen LogP contribution in [-0.2, 0) is 0 Å². The van der Waals surface area contributed by atoms with E-state index in [-0.39, 0.29) is 0 Å². The van der Waals surface area contributed by atoms with Crippen molar-refractivity contribution in [3.05, 3.63) is 146 Å². The second-order valence-electron chi connectivity index (χ2n) is 12.2. The van der Waals surface area contributed by atoms with E-state index >= 15 is 0 Å². The number of thiophene rings is 1. The first kappa shape index (κ1) is 23.8. The molecular formula is C42H24N2S. The Labute approximate surface area is 261 Å². The second kappa shape index (κ2) is 8.50. The summed E-state index contributed by atoms with van der Waals surface area (Å²) in [6, 6.07) is 54.4. The minimum atomic E-state index is 1.17. The van der Waals surface area contributed by atoms with Crippen molar-refractivity contribution in [1.29, 1.82) is 0 Å². The molecule has 0 unspecified atom stereocenters. The van der Waals surface area contributed by atoms with Crippen LogP contribution < -0.4 is 0 Å². The first-order valence-electron chi connectivity index (χ1n) is 15.4. The van der Waals surface area contributed by atoms with Gasteiger partial charge in [0.1, 0.15) is 0 Å². The molecule has 0 amide bonds. The lowest BCUT2D eigenvalue weighted by molar-refractivity contribution is 1.33. The molecule has 0 aliphatic rings. The fourth-order valence-electron chi connectivity index (χ4n) is 7.86. The zero-order valence-corrected chi connectivity index (χ0v) is 25.0. The molecule has 0 saturated carbocycles. The molecule has 0 aliphatic heterocycles.